The van der Waals surface area contributed by atoms with Crippen LogP contribution in [0.25, 0.3) is 5.69 Å². The van der Waals surface area contributed by atoms with Crippen LogP contribution in [0.3, 0.4) is 0 Å². The second-order valence-corrected chi connectivity index (χ2v) is 3.54. The van der Waals surface area contributed by atoms with Crippen molar-refractivity contribution in [1.82, 2.24) is 15.0 Å². The van der Waals surface area contributed by atoms with Crippen molar-refractivity contribution in [2.24, 2.45) is 0 Å². The van der Waals surface area contributed by atoms with Gasteiger partial charge in [0.2, 0.25) is 0 Å². The minimum absolute atomic E-state index is 0.293. The summed E-state index contributed by atoms with van der Waals surface area (Å²) in [4.78, 5) is 0. The Morgan fingerprint density at radius 1 is 1.43 bits per heavy atom. The molecule has 4 nitrogen and oxygen atoms in total. The summed E-state index contributed by atoms with van der Waals surface area (Å²) in [7, 11) is 0. The van der Waals surface area contributed by atoms with Crippen molar-refractivity contribution in [2.75, 3.05) is 5.73 Å². The van der Waals surface area contributed by atoms with E-state index in [-0.39, 0.29) is 5.82 Å². The highest BCUT2D eigenvalue weighted by atomic mass is 79.9. The number of rotatable bonds is 1. The molecule has 2 aromatic rings. The molecule has 0 unspecified atom stereocenters. The number of nitrogens with two attached hydrogens (primary N) is 1. The van der Waals surface area contributed by atoms with Crippen molar-refractivity contribution in [3.05, 3.63) is 34.7 Å². The van der Waals surface area contributed by atoms with Gasteiger partial charge in [-0.1, -0.05) is 5.21 Å². The zero-order chi connectivity index (χ0) is 10.1. The summed E-state index contributed by atoms with van der Waals surface area (Å²) in [5, 5.41) is 7.34. The van der Waals surface area contributed by atoms with Crippen LogP contribution in [0.5, 0.6) is 0 Å². The van der Waals surface area contributed by atoms with Gasteiger partial charge in [0.25, 0.3) is 0 Å². The summed E-state index contributed by atoms with van der Waals surface area (Å²) in [5.41, 5.74) is 5.96. The molecule has 1 aromatic heterocycles. The number of aromatic nitrogens is 3. The maximum atomic E-state index is 12.9. The lowest BCUT2D eigenvalue weighted by molar-refractivity contribution is 0.624. The average molecular weight is 257 g/mol. The van der Waals surface area contributed by atoms with Crippen LogP contribution in [0.15, 0.2) is 28.9 Å². The summed E-state index contributed by atoms with van der Waals surface area (Å²) in [5.74, 6) is -0.0431. The normalized spacial score (nSPS) is 10.4. The maximum absolute atomic E-state index is 12.9. The molecule has 0 spiro atoms. The van der Waals surface area contributed by atoms with Crippen molar-refractivity contribution < 1.29 is 4.39 Å². The zero-order valence-corrected chi connectivity index (χ0v) is 8.57. The highest BCUT2D eigenvalue weighted by Crippen LogP contribution is 2.21. The molecule has 72 valence electrons. The number of nitrogens with zero attached hydrogens (tertiary/aromatic N) is 3. The van der Waals surface area contributed by atoms with E-state index in [2.05, 4.69) is 26.2 Å². The largest absolute Gasteiger partial charge is 0.381 e. The van der Waals surface area contributed by atoms with Gasteiger partial charge >= 0.3 is 0 Å². The van der Waals surface area contributed by atoms with Gasteiger partial charge in [-0.15, -0.1) is 5.10 Å². The SMILES string of the molecule is Nc1cn(-c2cc(F)ccc2Br)nn1. The summed E-state index contributed by atoms with van der Waals surface area (Å²) in [6.45, 7) is 0. The van der Waals surface area contributed by atoms with E-state index in [4.69, 9.17) is 5.73 Å². The van der Waals surface area contributed by atoms with Gasteiger partial charge in [0.1, 0.15) is 5.82 Å². The second kappa shape index (κ2) is 3.38. The highest BCUT2D eigenvalue weighted by molar-refractivity contribution is 9.10. The van der Waals surface area contributed by atoms with Gasteiger partial charge < -0.3 is 5.73 Å². The van der Waals surface area contributed by atoms with Crippen molar-refractivity contribution >= 4 is 21.7 Å². The molecule has 0 saturated heterocycles. The Morgan fingerprint density at radius 3 is 2.86 bits per heavy atom. The Labute approximate surface area is 87.7 Å². The number of hydrogen-bond acceptors (Lipinski definition) is 3. The Kier molecular flexibility index (Phi) is 2.20. The third kappa shape index (κ3) is 1.60. The van der Waals surface area contributed by atoms with Gasteiger partial charge in [0.15, 0.2) is 5.82 Å². The van der Waals surface area contributed by atoms with E-state index in [9.17, 15) is 4.39 Å². The molecular formula is C8H6BrFN4. The Balaban J connectivity index is 2.55. The quantitative estimate of drug-likeness (QED) is 0.846. The van der Waals surface area contributed by atoms with E-state index in [1.807, 2.05) is 0 Å². The predicted octanol–water partition coefficient (Wildman–Crippen LogP) is 1.75. The number of hydrogen-bond donors (Lipinski definition) is 1. The standard InChI is InChI=1S/C8H6BrFN4/c9-6-2-1-5(10)3-7(6)14-4-8(11)12-13-14/h1-4H,11H2. The third-order valence-corrected chi connectivity index (χ3v) is 2.34. The fourth-order valence-electron chi connectivity index (χ4n) is 1.06. The smallest absolute Gasteiger partial charge is 0.166 e. The van der Waals surface area contributed by atoms with E-state index < -0.39 is 0 Å². The molecule has 0 radical (unpaired) electrons. The molecule has 0 atom stereocenters. The highest BCUT2D eigenvalue weighted by Gasteiger charge is 2.05. The molecule has 0 aliphatic heterocycles. The number of nitrogen functional groups attached to an aromatic ring is 1. The molecule has 0 aliphatic rings. The zero-order valence-electron chi connectivity index (χ0n) is 6.98. The second-order valence-electron chi connectivity index (χ2n) is 2.68. The van der Waals surface area contributed by atoms with E-state index >= 15 is 0 Å². The third-order valence-electron chi connectivity index (χ3n) is 1.67. The number of benzene rings is 1. The van der Waals surface area contributed by atoms with Crippen molar-refractivity contribution in [1.29, 1.82) is 0 Å². The number of halogens is 2. The lowest BCUT2D eigenvalue weighted by Gasteiger charge is -2.02. The molecule has 0 fully saturated rings. The Hall–Kier alpha value is -1.43. The molecule has 0 saturated carbocycles. The minimum Gasteiger partial charge on any atom is -0.381 e. The Bertz CT molecular complexity index is 468. The molecule has 2 N–H and O–H groups in total. The first-order valence-corrected chi connectivity index (χ1v) is 4.59. The average Bonchev–Trinajstić information content (AvgIpc) is 2.56. The van der Waals surface area contributed by atoms with Crippen LogP contribution in [0.2, 0.25) is 0 Å². The lowest BCUT2D eigenvalue weighted by atomic mass is 10.3. The minimum atomic E-state index is -0.336. The van der Waals surface area contributed by atoms with Crippen molar-refractivity contribution in [3.8, 4) is 5.69 Å². The van der Waals surface area contributed by atoms with E-state index in [1.54, 1.807) is 6.07 Å². The summed E-state index contributed by atoms with van der Waals surface area (Å²) < 4.78 is 15.1. The number of anilines is 1. The fourth-order valence-corrected chi connectivity index (χ4v) is 1.48. The fraction of sp³-hybridized carbons (Fsp3) is 0. The van der Waals surface area contributed by atoms with Crippen LogP contribution < -0.4 is 5.73 Å². The van der Waals surface area contributed by atoms with Crippen LogP contribution >= 0.6 is 15.9 Å². The predicted molar refractivity (Wildman–Crippen MR) is 53.4 cm³/mol. The molecule has 0 aliphatic carbocycles. The van der Waals surface area contributed by atoms with Gasteiger partial charge in [0, 0.05) is 10.5 Å². The van der Waals surface area contributed by atoms with Crippen molar-refractivity contribution in [3.63, 3.8) is 0 Å². The molecule has 0 amide bonds. The van der Waals surface area contributed by atoms with E-state index in [1.165, 1.54) is 23.0 Å². The maximum Gasteiger partial charge on any atom is 0.166 e. The van der Waals surface area contributed by atoms with Crippen LogP contribution in [-0.2, 0) is 0 Å². The van der Waals surface area contributed by atoms with E-state index in [0.29, 0.717) is 11.5 Å². The van der Waals surface area contributed by atoms with Gasteiger partial charge in [-0.2, -0.15) is 0 Å². The Morgan fingerprint density at radius 2 is 2.21 bits per heavy atom. The van der Waals surface area contributed by atoms with Crippen LogP contribution in [-0.4, -0.2) is 15.0 Å². The van der Waals surface area contributed by atoms with Crippen LogP contribution in [0.4, 0.5) is 10.2 Å². The first-order valence-electron chi connectivity index (χ1n) is 3.80. The molecule has 2 rings (SSSR count). The molecule has 0 bridgehead atoms. The van der Waals surface area contributed by atoms with Crippen LogP contribution in [0.1, 0.15) is 0 Å². The molecular weight excluding hydrogens is 251 g/mol. The molecule has 6 heteroatoms. The van der Waals surface area contributed by atoms with Crippen molar-refractivity contribution in [2.45, 2.75) is 0 Å². The lowest BCUT2D eigenvalue weighted by Crippen LogP contribution is -1.96. The first-order chi connectivity index (χ1) is 6.66. The monoisotopic (exact) mass is 256 g/mol. The molecule has 14 heavy (non-hydrogen) atoms. The molecule has 1 heterocycles. The first kappa shape index (κ1) is 9.14. The van der Waals surface area contributed by atoms with Gasteiger partial charge in [-0.25, -0.2) is 9.07 Å². The van der Waals surface area contributed by atoms with E-state index in [0.717, 1.165) is 4.47 Å². The summed E-state index contributed by atoms with van der Waals surface area (Å²) in [6, 6.07) is 4.30. The summed E-state index contributed by atoms with van der Waals surface area (Å²) >= 11 is 3.28. The van der Waals surface area contributed by atoms with Gasteiger partial charge in [0.05, 0.1) is 11.9 Å². The van der Waals surface area contributed by atoms with Gasteiger partial charge in [-0.05, 0) is 28.1 Å². The molecule has 1 aromatic carbocycles. The van der Waals surface area contributed by atoms with Crippen LogP contribution in [0, 0.1) is 5.82 Å². The summed E-state index contributed by atoms with van der Waals surface area (Å²) in [6.07, 6.45) is 1.51. The van der Waals surface area contributed by atoms with Gasteiger partial charge in [-0.3, -0.25) is 0 Å². The topological polar surface area (TPSA) is 56.7 Å².